The summed E-state index contributed by atoms with van der Waals surface area (Å²) in [5.41, 5.74) is 1.78. The number of amides is 1. The second-order valence-corrected chi connectivity index (χ2v) is 8.79. The van der Waals surface area contributed by atoms with E-state index in [1.54, 1.807) is 43.5 Å². The summed E-state index contributed by atoms with van der Waals surface area (Å²) in [7, 11) is -0.139. The molecule has 7 nitrogen and oxygen atoms in total. The number of ether oxygens (including phenoxy) is 1. The van der Waals surface area contributed by atoms with Crippen LogP contribution < -0.4 is 9.46 Å². The van der Waals surface area contributed by atoms with Crippen LogP contribution in [0.3, 0.4) is 0 Å². The predicted octanol–water partition coefficient (Wildman–Crippen LogP) is 2.45. The normalized spacial score (nSPS) is 15.2. The van der Waals surface area contributed by atoms with Crippen molar-refractivity contribution in [1.82, 2.24) is 9.80 Å². The van der Waals surface area contributed by atoms with Crippen molar-refractivity contribution in [3.63, 3.8) is 0 Å². The molecule has 29 heavy (non-hydrogen) atoms. The Hall–Kier alpha value is -2.58. The smallest absolute Gasteiger partial charge is 0.261 e. The van der Waals surface area contributed by atoms with Gasteiger partial charge in [-0.05, 0) is 61.5 Å². The van der Waals surface area contributed by atoms with Gasteiger partial charge in [0.15, 0.2) is 0 Å². The van der Waals surface area contributed by atoms with Crippen LogP contribution in [0.5, 0.6) is 5.75 Å². The Kier molecular flexibility index (Phi) is 6.44. The highest BCUT2D eigenvalue weighted by Gasteiger charge is 2.21. The molecule has 1 saturated heterocycles. The first kappa shape index (κ1) is 21.1. The average molecular weight is 418 g/mol. The van der Waals surface area contributed by atoms with Crippen molar-refractivity contribution in [3.8, 4) is 5.75 Å². The van der Waals surface area contributed by atoms with E-state index in [0.29, 0.717) is 36.5 Å². The molecule has 1 heterocycles. The molecular formula is C21H27N3O4S. The number of methoxy groups -OCH3 is 1. The molecule has 0 aromatic heterocycles. The summed E-state index contributed by atoms with van der Waals surface area (Å²) in [5.74, 6) is 0.633. The molecule has 0 radical (unpaired) electrons. The van der Waals surface area contributed by atoms with E-state index in [2.05, 4.69) is 9.62 Å². The molecule has 1 aliphatic heterocycles. The highest BCUT2D eigenvalue weighted by atomic mass is 32.2. The monoisotopic (exact) mass is 417 g/mol. The van der Waals surface area contributed by atoms with Gasteiger partial charge in [-0.1, -0.05) is 6.92 Å². The molecule has 0 unspecified atom stereocenters. The lowest BCUT2D eigenvalue weighted by Crippen LogP contribution is -2.47. The Morgan fingerprint density at radius 2 is 1.72 bits per heavy atom. The number of likely N-dealkylation sites (N-methyl/N-ethyl adjacent to an activating group) is 1. The van der Waals surface area contributed by atoms with Crippen LogP contribution in [0.25, 0.3) is 0 Å². The lowest BCUT2D eigenvalue weighted by Gasteiger charge is -2.32. The largest absolute Gasteiger partial charge is 0.496 e. The summed E-state index contributed by atoms with van der Waals surface area (Å²) in [6, 6.07) is 11.3. The highest BCUT2D eigenvalue weighted by molar-refractivity contribution is 7.92. The first-order valence-electron chi connectivity index (χ1n) is 9.61. The van der Waals surface area contributed by atoms with Crippen molar-refractivity contribution in [2.75, 3.05) is 45.1 Å². The van der Waals surface area contributed by atoms with Gasteiger partial charge in [-0.3, -0.25) is 9.52 Å². The molecule has 0 aliphatic carbocycles. The van der Waals surface area contributed by atoms with Crippen LogP contribution >= 0.6 is 0 Å². The van der Waals surface area contributed by atoms with Gasteiger partial charge in [0.2, 0.25) is 0 Å². The summed E-state index contributed by atoms with van der Waals surface area (Å²) in [6.07, 6.45) is 0.662. The number of benzene rings is 2. The third-order valence-electron chi connectivity index (χ3n) is 5.12. The molecule has 1 N–H and O–H groups in total. The maximum Gasteiger partial charge on any atom is 0.261 e. The summed E-state index contributed by atoms with van der Waals surface area (Å²) in [5, 5.41) is 0. The topological polar surface area (TPSA) is 79.0 Å². The van der Waals surface area contributed by atoms with Gasteiger partial charge in [0.25, 0.3) is 15.9 Å². The van der Waals surface area contributed by atoms with Gasteiger partial charge in [-0.15, -0.1) is 0 Å². The molecule has 2 aromatic carbocycles. The fourth-order valence-electron chi connectivity index (χ4n) is 3.29. The van der Waals surface area contributed by atoms with Crippen LogP contribution in [0, 0.1) is 0 Å². The van der Waals surface area contributed by atoms with Crippen molar-refractivity contribution in [3.05, 3.63) is 53.6 Å². The zero-order valence-electron chi connectivity index (χ0n) is 17.0. The second kappa shape index (κ2) is 8.84. The fourth-order valence-corrected chi connectivity index (χ4v) is 4.39. The highest BCUT2D eigenvalue weighted by Crippen LogP contribution is 2.24. The molecule has 8 heteroatoms. The third-order valence-corrected chi connectivity index (χ3v) is 6.50. The average Bonchev–Trinajstić information content (AvgIpc) is 2.73. The van der Waals surface area contributed by atoms with E-state index in [0.717, 1.165) is 18.7 Å². The predicted molar refractivity (Wildman–Crippen MR) is 113 cm³/mol. The van der Waals surface area contributed by atoms with Gasteiger partial charge in [0.1, 0.15) is 5.75 Å². The van der Waals surface area contributed by atoms with Crippen molar-refractivity contribution in [2.24, 2.45) is 0 Å². The van der Waals surface area contributed by atoms with Crippen molar-refractivity contribution in [1.29, 1.82) is 0 Å². The van der Waals surface area contributed by atoms with Crippen LogP contribution in [0.2, 0.25) is 0 Å². The molecule has 1 fully saturated rings. The van der Waals surface area contributed by atoms with Gasteiger partial charge in [-0.2, -0.15) is 0 Å². The third kappa shape index (κ3) is 4.89. The molecule has 0 bridgehead atoms. The number of nitrogens with zero attached hydrogens (tertiary/aromatic N) is 2. The number of anilines is 1. The SMILES string of the molecule is CCc1cc(S(=O)(=O)Nc2ccc(C(=O)N3CCN(C)CC3)cc2)ccc1OC. The van der Waals surface area contributed by atoms with E-state index in [1.165, 1.54) is 6.07 Å². The minimum Gasteiger partial charge on any atom is -0.496 e. The Morgan fingerprint density at radius 1 is 1.07 bits per heavy atom. The van der Waals surface area contributed by atoms with E-state index >= 15 is 0 Å². The van der Waals surface area contributed by atoms with E-state index in [9.17, 15) is 13.2 Å². The first-order chi connectivity index (χ1) is 13.8. The maximum atomic E-state index is 12.7. The number of sulfonamides is 1. The van der Waals surface area contributed by atoms with Crippen LogP contribution in [0.15, 0.2) is 47.4 Å². The molecule has 3 rings (SSSR count). The van der Waals surface area contributed by atoms with Gasteiger partial charge >= 0.3 is 0 Å². The number of aryl methyl sites for hydroxylation is 1. The zero-order valence-corrected chi connectivity index (χ0v) is 17.8. The van der Waals surface area contributed by atoms with E-state index < -0.39 is 10.0 Å². The molecule has 1 amide bonds. The number of carbonyl (C=O) groups is 1. The Morgan fingerprint density at radius 3 is 2.31 bits per heavy atom. The Balaban J connectivity index is 1.72. The summed E-state index contributed by atoms with van der Waals surface area (Å²) in [4.78, 5) is 16.8. The molecule has 0 spiro atoms. The van der Waals surface area contributed by atoms with Gasteiger partial charge in [0.05, 0.1) is 12.0 Å². The molecule has 0 atom stereocenters. The fraction of sp³-hybridized carbons (Fsp3) is 0.381. The molecule has 156 valence electrons. The number of rotatable bonds is 6. The minimum atomic E-state index is -3.74. The number of hydrogen-bond donors (Lipinski definition) is 1. The number of piperazine rings is 1. The molecule has 1 aliphatic rings. The lowest BCUT2D eigenvalue weighted by molar-refractivity contribution is 0.0664. The van der Waals surface area contributed by atoms with Gasteiger partial charge in [-0.25, -0.2) is 8.42 Å². The second-order valence-electron chi connectivity index (χ2n) is 7.11. The zero-order chi connectivity index (χ0) is 21.0. The van der Waals surface area contributed by atoms with Crippen molar-refractivity contribution in [2.45, 2.75) is 18.2 Å². The van der Waals surface area contributed by atoms with E-state index in [-0.39, 0.29) is 10.8 Å². The lowest BCUT2D eigenvalue weighted by atomic mass is 10.1. The van der Waals surface area contributed by atoms with Crippen molar-refractivity contribution >= 4 is 21.6 Å². The van der Waals surface area contributed by atoms with Crippen LogP contribution in [0.1, 0.15) is 22.8 Å². The quantitative estimate of drug-likeness (QED) is 0.781. The summed E-state index contributed by atoms with van der Waals surface area (Å²) in [6.45, 7) is 5.04. The number of hydrogen-bond acceptors (Lipinski definition) is 5. The Bertz CT molecular complexity index is 966. The number of nitrogens with one attached hydrogen (secondary N) is 1. The molecular weight excluding hydrogens is 390 g/mol. The van der Waals surface area contributed by atoms with Crippen molar-refractivity contribution < 1.29 is 17.9 Å². The van der Waals surface area contributed by atoms with E-state index in [4.69, 9.17) is 4.74 Å². The maximum absolute atomic E-state index is 12.7. The number of carbonyl (C=O) groups excluding carboxylic acids is 1. The van der Waals surface area contributed by atoms with Gasteiger partial charge in [0, 0.05) is 37.4 Å². The van der Waals surface area contributed by atoms with Gasteiger partial charge < -0.3 is 14.5 Å². The summed E-state index contributed by atoms with van der Waals surface area (Å²) >= 11 is 0. The van der Waals surface area contributed by atoms with Crippen LogP contribution in [-0.4, -0.2) is 64.5 Å². The van der Waals surface area contributed by atoms with E-state index in [1.807, 2.05) is 18.9 Å². The molecule has 0 saturated carbocycles. The minimum absolute atomic E-state index is 0.0322. The first-order valence-corrected chi connectivity index (χ1v) is 11.1. The van der Waals surface area contributed by atoms with Crippen LogP contribution in [0.4, 0.5) is 5.69 Å². The Labute approximate surface area is 172 Å². The van der Waals surface area contributed by atoms with Crippen LogP contribution in [-0.2, 0) is 16.4 Å². The molecule has 2 aromatic rings. The standard InChI is InChI=1S/C21H27N3O4S/c1-4-16-15-19(9-10-20(16)28-3)29(26,27)22-18-7-5-17(6-8-18)21(25)24-13-11-23(2)12-14-24/h5-10,15,22H,4,11-14H2,1-3H3. The summed E-state index contributed by atoms with van der Waals surface area (Å²) < 4.78 is 33.3.